The molecule has 1 aromatic heterocycles. The minimum atomic E-state index is -0.866. The van der Waals surface area contributed by atoms with Crippen LogP contribution >= 0.6 is 22.9 Å². The van der Waals surface area contributed by atoms with Gasteiger partial charge < -0.3 is 0 Å². The summed E-state index contributed by atoms with van der Waals surface area (Å²) in [5.41, 5.74) is 0.399. The van der Waals surface area contributed by atoms with Crippen molar-refractivity contribution in [3.8, 4) is 11.3 Å². The third kappa shape index (κ3) is 2.02. The summed E-state index contributed by atoms with van der Waals surface area (Å²) >= 11 is 6.85. The molecule has 0 radical (unpaired) electrons. The van der Waals surface area contributed by atoms with Crippen LogP contribution in [0.25, 0.3) is 11.3 Å². The smallest absolute Gasteiger partial charge is 0.258 e. The molecular weight excluding hydrogens is 255 g/mol. The molecule has 0 atom stereocenters. The van der Waals surface area contributed by atoms with Gasteiger partial charge in [0.25, 0.3) is 0 Å². The van der Waals surface area contributed by atoms with Crippen LogP contribution in [0.4, 0.5) is 10.1 Å². The first kappa shape index (κ1) is 11.0. The van der Waals surface area contributed by atoms with E-state index in [2.05, 4.69) is 4.98 Å². The molecule has 0 fully saturated rings. The summed E-state index contributed by atoms with van der Waals surface area (Å²) in [5.74, 6) is -0.866. The van der Waals surface area contributed by atoms with Crippen molar-refractivity contribution in [2.75, 3.05) is 0 Å². The first-order chi connectivity index (χ1) is 7.58. The maximum atomic E-state index is 13.1. The predicted octanol–water partition coefficient (Wildman–Crippen LogP) is 3.51. The van der Waals surface area contributed by atoms with Gasteiger partial charge in [-0.3, -0.25) is 10.1 Å². The van der Waals surface area contributed by atoms with Crippen molar-refractivity contribution in [2.24, 2.45) is 0 Å². The summed E-state index contributed by atoms with van der Waals surface area (Å²) in [6.07, 6.45) is 0. The number of halogens is 2. The summed E-state index contributed by atoms with van der Waals surface area (Å²) in [6.45, 7) is 0. The fraction of sp³-hybridized carbons (Fsp3) is 0. The average molecular weight is 259 g/mol. The van der Waals surface area contributed by atoms with Crippen LogP contribution < -0.4 is 0 Å². The minimum Gasteiger partial charge on any atom is -0.258 e. The molecule has 2 rings (SSSR count). The molecule has 1 aromatic carbocycles. The van der Waals surface area contributed by atoms with Gasteiger partial charge in [-0.15, -0.1) is 11.3 Å². The van der Waals surface area contributed by atoms with Crippen LogP contribution in [0.3, 0.4) is 0 Å². The Bertz CT molecular complexity index is 558. The molecule has 0 amide bonds. The van der Waals surface area contributed by atoms with E-state index >= 15 is 0 Å². The second kappa shape index (κ2) is 4.15. The molecule has 82 valence electrons. The van der Waals surface area contributed by atoms with E-state index in [9.17, 15) is 14.5 Å². The zero-order chi connectivity index (χ0) is 11.7. The Morgan fingerprint density at radius 1 is 1.50 bits per heavy atom. The summed E-state index contributed by atoms with van der Waals surface area (Å²) in [4.78, 5) is 13.7. The highest BCUT2D eigenvalue weighted by atomic mass is 35.5. The van der Waals surface area contributed by atoms with E-state index in [1.165, 1.54) is 17.4 Å². The molecule has 0 aliphatic rings. The SMILES string of the molecule is O=[N+]([O-])c1cc(-c2csc(Cl)n2)ccc1F. The van der Waals surface area contributed by atoms with Crippen LogP contribution in [-0.2, 0) is 0 Å². The molecule has 0 saturated carbocycles. The van der Waals surface area contributed by atoms with Crippen LogP contribution in [0.15, 0.2) is 23.6 Å². The third-order valence-electron chi connectivity index (χ3n) is 1.91. The molecule has 2 aromatic rings. The van der Waals surface area contributed by atoms with Crippen molar-refractivity contribution in [3.63, 3.8) is 0 Å². The molecule has 1 heterocycles. The Kier molecular flexibility index (Phi) is 2.84. The number of nitro benzene ring substituents is 1. The Hall–Kier alpha value is -1.53. The monoisotopic (exact) mass is 258 g/mol. The number of benzene rings is 1. The summed E-state index contributed by atoms with van der Waals surface area (Å²) in [6, 6.07) is 3.61. The van der Waals surface area contributed by atoms with Gasteiger partial charge in [-0.05, 0) is 12.1 Å². The van der Waals surface area contributed by atoms with Crippen molar-refractivity contribution >= 4 is 28.6 Å². The van der Waals surface area contributed by atoms with Crippen LogP contribution in [0.2, 0.25) is 4.47 Å². The number of nitrogens with zero attached hydrogens (tertiary/aromatic N) is 2. The van der Waals surface area contributed by atoms with Gasteiger partial charge in [0, 0.05) is 17.0 Å². The topological polar surface area (TPSA) is 56.0 Å². The number of hydrogen-bond acceptors (Lipinski definition) is 4. The van der Waals surface area contributed by atoms with E-state index in [0.717, 1.165) is 12.1 Å². The lowest BCUT2D eigenvalue weighted by Crippen LogP contribution is -1.92. The molecule has 16 heavy (non-hydrogen) atoms. The molecule has 0 saturated heterocycles. The fourth-order valence-electron chi connectivity index (χ4n) is 1.20. The van der Waals surface area contributed by atoms with E-state index < -0.39 is 16.4 Å². The van der Waals surface area contributed by atoms with E-state index in [1.54, 1.807) is 5.38 Å². The zero-order valence-electron chi connectivity index (χ0n) is 7.68. The summed E-state index contributed by atoms with van der Waals surface area (Å²) in [5, 5.41) is 12.2. The third-order valence-corrected chi connectivity index (χ3v) is 2.89. The van der Waals surface area contributed by atoms with Crippen molar-refractivity contribution in [3.05, 3.63) is 44.0 Å². The predicted molar refractivity (Wildman–Crippen MR) is 59.2 cm³/mol. The lowest BCUT2D eigenvalue weighted by molar-refractivity contribution is -0.387. The normalized spacial score (nSPS) is 10.4. The quantitative estimate of drug-likeness (QED) is 0.612. The van der Waals surface area contributed by atoms with Crippen molar-refractivity contribution in [2.45, 2.75) is 0 Å². The van der Waals surface area contributed by atoms with Gasteiger partial charge in [0.05, 0.1) is 10.6 Å². The molecule has 0 aliphatic carbocycles. The lowest BCUT2D eigenvalue weighted by Gasteiger charge is -1.97. The van der Waals surface area contributed by atoms with Gasteiger partial charge in [-0.1, -0.05) is 11.6 Å². The van der Waals surface area contributed by atoms with Gasteiger partial charge in [0.1, 0.15) is 0 Å². The Morgan fingerprint density at radius 2 is 2.25 bits per heavy atom. The van der Waals surface area contributed by atoms with Gasteiger partial charge in [0.15, 0.2) is 4.47 Å². The second-order valence-electron chi connectivity index (χ2n) is 2.91. The average Bonchev–Trinajstić information content (AvgIpc) is 2.65. The van der Waals surface area contributed by atoms with E-state index in [-0.39, 0.29) is 0 Å². The van der Waals surface area contributed by atoms with Crippen molar-refractivity contribution in [1.29, 1.82) is 0 Å². The molecule has 0 spiro atoms. The van der Waals surface area contributed by atoms with Gasteiger partial charge in [-0.2, -0.15) is 4.39 Å². The minimum absolute atomic E-state index is 0.335. The Balaban J connectivity index is 2.51. The first-order valence-corrected chi connectivity index (χ1v) is 5.39. The number of nitro groups is 1. The van der Waals surface area contributed by atoms with Crippen LogP contribution in [-0.4, -0.2) is 9.91 Å². The number of thiazole rings is 1. The second-order valence-corrected chi connectivity index (χ2v) is 4.35. The highest BCUT2D eigenvalue weighted by Crippen LogP contribution is 2.28. The summed E-state index contributed by atoms with van der Waals surface area (Å²) < 4.78 is 13.4. The van der Waals surface area contributed by atoms with Crippen LogP contribution in [0.5, 0.6) is 0 Å². The number of hydrogen-bond donors (Lipinski definition) is 0. The lowest BCUT2D eigenvalue weighted by atomic mass is 10.1. The van der Waals surface area contributed by atoms with Gasteiger partial charge >= 0.3 is 5.69 Å². The summed E-state index contributed by atoms with van der Waals surface area (Å²) in [7, 11) is 0. The maximum absolute atomic E-state index is 13.1. The van der Waals surface area contributed by atoms with Crippen molar-refractivity contribution < 1.29 is 9.31 Å². The van der Waals surface area contributed by atoms with Crippen LogP contribution in [0.1, 0.15) is 0 Å². The first-order valence-electron chi connectivity index (χ1n) is 4.13. The van der Waals surface area contributed by atoms with E-state index in [4.69, 9.17) is 11.6 Å². The highest BCUT2D eigenvalue weighted by Gasteiger charge is 2.15. The van der Waals surface area contributed by atoms with Crippen LogP contribution in [0, 0.1) is 15.9 Å². The highest BCUT2D eigenvalue weighted by molar-refractivity contribution is 7.14. The Morgan fingerprint density at radius 3 is 2.81 bits per heavy atom. The standard InChI is InChI=1S/C9H4ClFN2O2S/c10-9-12-7(4-16-9)5-1-2-6(11)8(3-5)13(14)15/h1-4H. The maximum Gasteiger partial charge on any atom is 0.305 e. The largest absolute Gasteiger partial charge is 0.305 e. The zero-order valence-corrected chi connectivity index (χ0v) is 9.26. The van der Waals surface area contributed by atoms with Gasteiger partial charge in [0.2, 0.25) is 5.82 Å². The van der Waals surface area contributed by atoms with E-state index in [1.807, 2.05) is 0 Å². The number of aromatic nitrogens is 1. The van der Waals surface area contributed by atoms with Crippen molar-refractivity contribution in [1.82, 2.24) is 4.98 Å². The molecule has 7 heteroatoms. The molecule has 0 bridgehead atoms. The molecular formula is C9H4ClFN2O2S. The molecule has 0 aliphatic heterocycles. The van der Waals surface area contributed by atoms with E-state index in [0.29, 0.717) is 15.7 Å². The van der Waals surface area contributed by atoms with Gasteiger partial charge in [-0.25, -0.2) is 4.98 Å². The molecule has 0 N–H and O–H groups in total. The molecule has 0 unspecified atom stereocenters. The fourth-order valence-corrected chi connectivity index (χ4v) is 1.97. The molecule has 4 nitrogen and oxygen atoms in total. The Labute approximate surface area is 98.5 Å². The number of rotatable bonds is 2.